The quantitative estimate of drug-likeness (QED) is 0.456. The van der Waals surface area contributed by atoms with Crippen LogP contribution < -0.4 is 4.74 Å². The molecule has 2 aromatic heterocycles. The maximum Gasteiger partial charge on any atom is 0.307 e. The molecule has 0 bridgehead atoms. The molecule has 2 unspecified atom stereocenters. The van der Waals surface area contributed by atoms with E-state index in [2.05, 4.69) is 10.1 Å². The molecule has 4 heterocycles. The van der Waals surface area contributed by atoms with Crippen molar-refractivity contribution in [3.63, 3.8) is 0 Å². The van der Waals surface area contributed by atoms with Crippen molar-refractivity contribution in [2.75, 3.05) is 13.1 Å². The van der Waals surface area contributed by atoms with Crippen LogP contribution in [0.1, 0.15) is 67.2 Å². The third-order valence-electron chi connectivity index (χ3n) is 8.46. The molecule has 1 N–H and O–H groups in total. The zero-order chi connectivity index (χ0) is 28.0. The molecular weight excluding hydrogens is 536 g/mol. The molecule has 6 rings (SSSR count). The van der Waals surface area contributed by atoms with Gasteiger partial charge in [0.05, 0.1) is 28.6 Å². The molecule has 210 valence electrons. The Morgan fingerprint density at radius 1 is 1.10 bits per heavy atom. The maximum atomic E-state index is 14.1. The molecule has 40 heavy (non-hydrogen) atoms. The molecule has 3 aliphatic rings. The number of hydrogen-bond donors (Lipinski definition) is 1. The highest BCUT2D eigenvalue weighted by Crippen LogP contribution is 2.45. The first kappa shape index (κ1) is 26.6. The molecule has 10 nitrogen and oxygen atoms in total. The van der Waals surface area contributed by atoms with Crippen LogP contribution in [0.3, 0.4) is 0 Å². The number of carboxylic acids is 1. The second kappa shape index (κ2) is 10.7. The second-order valence-corrected chi connectivity index (χ2v) is 11.2. The smallest absolute Gasteiger partial charge is 0.307 e. The average Bonchev–Trinajstić information content (AvgIpc) is 3.56. The molecule has 11 heteroatoms. The van der Waals surface area contributed by atoms with Crippen LogP contribution >= 0.6 is 11.6 Å². The van der Waals surface area contributed by atoms with Gasteiger partial charge in [0, 0.05) is 30.1 Å². The van der Waals surface area contributed by atoms with E-state index in [4.69, 9.17) is 20.9 Å². The first-order valence-corrected chi connectivity index (χ1v) is 14.2. The number of nitrogens with zero attached hydrogens (tertiary/aromatic N) is 4. The molecule has 3 aromatic rings. The number of pyridine rings is 1. The molecular formula is C29H31ClN4O6. The largest absolute Gasteiger partial charge is 0.487 e. The second-order valence-electron chi connectivity index (χ2n) is 10.8. The van der Waals surface area contributed by atoms with Crippen LogP contribution in [0.25, 0.3) is 11.1 Å². The zero-order valence-electron chi connectivity index (χ0n) is 22.3. The van der Waals surface area contributed by atoms with Crippen molar-refractivity contribution >= 4 is 40.5 Å². The van der Waals surface area contributed by atoms with Crippen LogP contribution in [0.4, 0.5) is 0 Å². The lowest BCUT2D eigenvalue weighted by molar-refractivity contribution is -0.157. The summed E-state index contributed by atoms with van der Waals surface area (Å²) in [6.45, 7) is 2.81. The van der Waals surface area contributed by atoms with E-state index in [1.807, 2.05) is 19.1 Å². The first-order valence-electron chi connectivity index (χ1n) is 13.8. The van der Waals surface area contributed by atoms with E-state index in [1.165, 1.54) is 0 Å². The standard InChI is InChI=1S/C29H31ClN4O6/c1-16-18-9-8-17(31-26(18)40-32-16)15-39-23-11-10-22(30)21-12-14-34(27(25(21)23)33-13-4-7-24(33)35)28(36)19-5-2-3-6-20(19)29(37)38/h8-11,19-20,27H,2-7,12-15H2,1H3,(H,37,38)/t19-,20?,27?/m1/s1. The van der Waals surface area contributed by atoms with Crippen molar-refractivity contribution in [1.82, 2.24) is 19.9 Å². The number of amides is 2. The Hall–Kier alpha value is -3.66. The minimum absolute atomic E-state index is 0.0483. The minimum Gasteiger partial charge on any atom is -0.487 e. The molecule has 1 aromatic carbocycles. The van der Waals surface area contributed by atoms with Crippen LogP contribution in [0.15, 0.2) is 28.8 Å². The lowest BCUT2D eigenvalue weighted by Crippen LogP contribution is -2.52. The Morgan fingerprint density at radius 3 is 2.65 bits per heavy atom. The number of ether oxygens (including phenoxy) is 1. The van der Waals surface area contributed by atoms with E-state index < -0.39 is 24.0 Å². The van der Waals surface area contributed by atoms with E-state index in [9.17, 15) is 19.5 Å². The fourth-order valence-corrected chi connectivity index (χ4v) is 6.68. The third kappa shape index (κ3) is 4.68. The number of carboxylic acid groups (broad SMARTS) is 1. The molecule has 3 atom stereocenters. The van der Waals surface area contributed by atoms with Crippen molar-refractivity contribution < 1.29 is 28.8 Å². The lowest BCUT2D eigenvalue weighted by Gasteiger charge is -2.45. The summed E-state index contributed by atoms with van der Waals surface area (Å²) >= 11 is 6.68. The van der Waals surface area contributed by atoms with Crippen molar-refractivity contribution in [3.8, 4) is 5.75 Å². The van der Waals surface area contributed by atoms with Gasteiger partial charge in [0.2, 0.25) is 11.8 Å². The number of halogens is 1. The number of likely N-dealkylation sites (tertiary alicyclic amines) is 1. The fraction of sp³-hybridized carbons (Fsp3) is 0.483. The first-order chi connectivity index (χ1) is 19.3. The minimum atomic E-state index is -0.942. The van der Waals surface area contributed by atoms with Crippen LogP contribution in [0.2, 0.25) is 5.02 Å². The van der Waals surface area contributed by atoms with Gasteiger partial charge in [0.25, 0.3) is 5.71 Å². The zero-order valence-corrected chi connectivity index (χ0v) is 23.0. The van der Waals surface area contributed by atoms with Crippen molar-refractivity contribution in [1.29, 1.82) is 0 Å². The van der Waals surface area contributed by atoms with Gasteiger partial charge in [-0.1, -0.05) is 29.6 Å². The lowest BCUT2D eigenvalue weighted by atomic mass is 9.78. The number of benzene rings is 1. The van der Waals surface area contributed by atoms with Gasteiger partial charge in [0.15, 0.2) is 0 Å². The number of fused-ring (bicyclic) bond motifs is 2. The summed E-state index contributed by atoms with van der Waals surface area (Å²) < 4.78 is 11.6. The molecule has 0 radical (unpaired) electrons. The Balaban J connectivity index is 1.37. The van der Waals surface area contributed by atoms with Gasteiger partial charge < -0.3 is 24.2 Å². The van der Waals surface area contributed by atoms with Crippen molar-refractivity contribution in [3.05, 3.63) is 51.8 Å². The van der Waals surface area contributed by atoms with Gasteiger partial charge in [-0.15, -0.1) is 0 Å². The van der Waals surface area contributed by atoms with Gasteiger partial charge in [-0.3, -0.25) is 14.4 Å². The fourth-order valence-electron chi connectivity index (χ4n) is 6.42. The van der Waals surface area contributed by atoms with Gasteiger partial charge in [0.1, 0.15) is 18.5 Å². The molecule has 1 saturated heterocycles. The number of hydrogen-bond acceptors (Lipinski definition) is 7. The molecule has 2 fully saturated rings. The summed E-state index contributed by atoms with van der Waals surface area (Å²) in [5.74, 6) is -2.06. The van der Waals surface area contributed by atoms with Crippen molar-refractivity contribution in [2.45, 2.75) is 64.6 Å². The van der Waals surface area contributed by atoms with Crippen LogP contribution in [-0.4, -0.2) is 55.9 Å². The molecule has 2 amide bonds. The maximum absolute atomic E-state index is 14.1. The monoisotopic (exact) mass is 566 g/mol. The average molecular weight is 567 g/mol. The third-order valence-corrected chi connectivity index (χ3v) is 8.81. The summed E-state index contributed by atoms with van der Waals surface area (Å²) in [4.78, 5) is 47.2. The summed E-state index contributed by atoms with van der Waals surface area (Å²) in [5.41, 5.74) is 3.33. The Kier molecular flexibility index (Phi) is 7.12. The van der Waals surface area contributed by atoms with Gasteiger partial charge >= 0.3 is 5.97 Å². The highest BCUT2D eigenvalue weighted by molar-refractivity contribution is 6.31. The number of aliphatic carboxylic acids is 1. The Morgan fingerprint density at radius 2 is 1.90 bits per heavy atom. The van der Waals surface area contributed by atoms with E-state index in [-0.39, 0.29) is 18.4 Å². The van der Waals surface area contributed by atoms with Gasteiger partial charge in [-0.2, -0.15) is 0 Å². The van der Waals surface area contributed by atoms with E-state index in [0.29, 0.717) is 72.9 Å². The molecule has 1 aliphatic carbocycles. The molecule has 2 aliphatic heterocycles. The SMILES string of the molecule is Cc1noc2nc(COc3ccc(Cl)c4c3C(N3CCCC3=O)N(C(=O)[C@@H]3CCCCC3C(=O)O)CC4)ccc12. The highest BCUT2D eigenvalue weighted by atomic mass is 35.5. The number of aryl methyl sites for hydroxylation is 1. The topological polar surface area (TPSA) is 126 Å². The van der Waals surface area contributed by atoms with Crippen LogP contribution in [0.5, 0.6) is 5.75 Å². The van der Waals surface area contributed by atoms with Gasteiger partial charge in [-0.05, 0) is 62.4 Å². The molecule has 0 spiro atoms. The normalized spacial score (nSPS) is 22.9. The summed E-state index contributed by atoms with van der Waals surface area (Å²) in [7, 11) is 0. The predicted molar refractivity (Wildman–Crippen MR) is 145 cm³/mol. The Bertz CT molecular complexity index is 1490. The predicted octanol–water partition coefficient (Wildman–Crippen LogP) is 4.66. The highest BCUT2D eigenvalue weighted by Gasteiger charge is 2.46. The Labute approximate surface area is 236 Å². The van der Waals surface area contributed by atoms with E-state index in [0.717, 1.165) is 29.5 Å². The van der Waals surface area contributed by atoms with Gasteiger partial charge in [-0.25, -0.2) is 4.98 Å². The van der Waals surface area contributed by atoms with Crippen LogP contribution in [0, 0.1) is 18.8 Å². The number of carbonyl (C=O) groups is 3. The van der Waals surface area contributed by atoms with Crippen molar-refractivity contribution in [2.24, 2.45) is 11.8 Å². The number of carbonyl (C=O) groups excluding carboxylic acids is 2. The van der Waals surface area contributed by atoms with Crippen LogP contribution in [-0.2, 0) is 27.4 Å². The molecule has 1 saturated carbocycles. The summed E-state index contributed by atoms with van der Waals surface area (Å²) in [6, 6.07) is 7.27. The number of rotatable bonds is 6. The van der Waals surface area contributed by atoms with E-state index in [1.54, 1.807) is 21.9 Å². The van der Waals surface area contributed by atoms with E-state index >= 15 is 0 Å². The summed E-state index contributed by atoms with van der Waals surface area (Å²) in [6.07, 6.45) is 3.43. The summed E-state index contributed by atoms with van der Waals surface area (Å²) in [5, 5.41) is 15.2. The number of aromatic nitrogens is 2.